The number of alkyl halides is 3. The molecule has 8 heteroatoms. The van der Waals surface area contributed by atoms with E-state index < -0.39 is 11.7 Å². The van der Waals surface area contributed by atoms with Crippen LogP contribution in [0.3, 0.4) is 0 Å². The number of nitrogens with one attached hydrogen (secondary N) is 2. The molecule has 1 aliphatic carbocycles. The fourth-order valence-corrected chi connectivity index (χ4v) is 4.28. The molecule has 1 aliphatic heterocycles. The van der Waals surface area contributed by atoms with Crippen LogP contribution in [-0.2, 0) is 11.6 Å². The van der Waals surface area contributed by atoms with Gasteiger partial charge in [0.1, 0.15) is 0 Å². The Bertz CT molecular complexity index is 689. The highest BCUT2D eigenvalue weighted by Gasteiger charge is 2.40. The van der Waals surface area contributed by atoms with Crippen LogP contribution in [-0.4, -0.2) is 50.6 Å². The SMILES string of the molecule is CCN1CCC(CNC(=NC)NCC2(c3cccc(C(F)(F)F)c3)CCC2)C1.I. The maximum atomic E-state index is 13.1. The van der Waals surface area contributed by atoms with Crippen molar-refractivity contribution in [2.24, 2.45) is 10.9 Å². The first-order chi connectivity index (χ1) is 13.4. The first kappa shape index (κ1) is 24.2. The molecule has 2 fully saturated rings. The molecule has 0 aromatic heterocycles. The largest absolute Gasteiger partial charge is 0.416 e. The number of halogens is 4. The van der Waals surface area contributed by atoms with E-state index in [0.29, 0.717) is 12.5 Å². The van der Waals surface area contributed by atoms with E-state index in [-0.39, 0.29) is 29.4 Å². The van der Waals surface area contributed by atoms with Crippen LogP contribution in [0.25, 0.3) is 0 Å². The quantitative estimate of drug-likeness (QED) is 0.332. The first-order valence-electron chi connectivity index (χ1n) is 10.2. The minimum Gasteiger partial charge on any atom is -0.356 e. The van der Waals surface area contributed by atoms with E-state index >= 15 is 0 Å². The third-order valence-electron chi connectivity index (χ3n) is 6.31. The monoisotopic (exact) mass is 524 g/mol. The normalized spacial score (nSPS) is 22.0. The van der Waals surface area contributed by atoms with Crippen molar-refractivity contribution in [1.82, 2.24) is 15.5 Å². The number of aliphatic imine (C=N–C) groups is 1. The van der Waals surface area contributed by atoms with Crippen LogP contribution in [0.15, 0.2) is 29.3 Å². The van der Waals surface area contributed by atoms with Crippen molar-refractivity contribution >= 4 is 29.9 Å². The lowest BCUT2D eigenvalue weighted by Gasteiger charge is -2.43. The Hall–Kier alpha value is -1.03. The van der Waals surface area contributed by atoms with Crippen molar-refractivity contribution in [3.05, 3.63) is 35.4 Å². The van der Waals surface area contributed by atoms with Crippen molar-refractivity contribution in [1.29, 1.82) is 0 Å². The Morgan fingerprint density at radius 2 is 2.03 bits per heavy atom. The summed E-state index contributed by atoms with van der Waals surface area (Å²) in [6.45, 7) is 6.99. The number of likely N-dealkylation sites (tertiary alicyclic amines) is 1. The van der Waals surface area contributed by atoms with Crippen molar-refractivity contribution in [2.75, 3.05) is 39.8 Å². The molecule has 1 atom stereocenters. The molecule has 1 aromatic rings. The van der Waals surface area contributed by atoms with Crippen molar-refractivity contribution in [3.8, 4) is 0 Å². The number of benzene rings is 1. The lowest BCUT2D eigenvalue weighted by Crippen LogP contribution is -2.49. The lowest BCUT2D eigenvalue weighted by molar-refractivity contribution is -0.137. The second-order valence-corrected chi connectivity index (χ2v) is 8.07. The summed E-state index contributed by atoms with van der Waals surface area (Å²) in [4.78, 5) is 6.74. The number of nitrogens with zero attached hydrogens (tertiary/aromatic N) is 2. The van der Waals surface area contributed by atoms with Gasteiger partial charge in [-0.1, -0.05) is 31.5 Å². The van der Waals surface area contributed by atoms with Gasteiger partial charge >= 0.3 is 6.18 Å². The van der Waals surface area contributed by atoms with Crippen molar-refractivity contribution in [2.45, 2.75) is 44.2 Å². The van der Waals surface area contributed by atoms with E-state index in [1.54, 1.807) is 7.05 Å². The Morgan fingerprint density at radius 1 is 1.28 bits per heavy atom. The van der Waals surface area contributed by atoms with E-state index in [4.69, 9.17) is 0 Å². The molecular weight excluding hydrogens is 492 g/mol. The molecule has 0 radical (unpaired) electrons. The highest BCUT2D eigenvalue weighted by atomic mass is 127. The van der Waals surface area contributed by atoms with Gasteiger partial charge in [0.05, 0.1) is 5.56 Å². The number of hydrogen-bond acceptors (Lipinski definition) is 2. The number of guanidine groups is 1. The van der Waals surface area contributed by atoms with Crippen LogP contribution in [0.2, 0.25) is 0 Å². The average molecular weight is 524 g/mol. The molecule has 0 spiro atoms. The van der Waals surface area contributed by atoms with Crippen LogP contribution >= 0.6 is 24.0 Å². The zero-order valence-electron chi connectivity index (χ0n) is 17.2. The summed E-state index contributed by atoms with van der Waals surface area (Å²) >= 11 is 0. The van der Waals surface area contributed by atoms with E-state index in [1.807, 2.05) is 6.07 Å². The molecular formula is C21H32F3IN4. The second kappa shape index (κ2) is 10.3. The smallest absolute Gasteiger partial charge is 0.356 e. The van der Waals surface area contributed by atoms with Gasteiger partial charge in [-0.3, -0.25) is 4.99 Å². The molecule has 1 heterocycles. The number of rotatable bonds is 6. The van der Waals surface area contributed by atoms with Crippen LogP contribution in [0.5, 0.6) is 0 Å². The third kappa shape index (κ3) is 5.99. The lowest BCUT2D eigenvalue weighted by atomic mass is 9.64. The van der Waals surface area contributed by atoms with Crippen LogP contribution in [0.1, 0.15) is 43.7 Å². The standard InChI is InChI=1S/C21H31F3N4.HI/c1-3-28-11-8-16(14-28)13-26-19(25-2)27-15-20(9-5-10-20)17-6-4-7-18(12-17)21(22,23)24;/h4,6-7,12,16H,3,5,8-11,13-15H2,1-2H3,(H2,25,26,27);1H. The van der Waals surface area contributed by atoms with Gasteiger partial charge in [0.2, 0.25) is 0 Å². The molecule has 3 rings (SSSR count). The van der Waals surface area contributed by atoms with Crippen molar-refractivity contribution in [3.63, 3.8) is 0 Å². The van der Waals surface area contributed by atoms with Gasteiger partial charge in [0.15, 0.2) is 5.96 Å². The van der Waals surface area contributed by atoms with Gasteiger partial charge in [0, 0.05) is 32.1 Å². The zero-order valence-corrected chi connectivity index (χ0v) is 19.5. The zero-order chi connectivity index (χ0) is 20.2. The molecule has 1 saturated carbocycles. The second-order valence-electron chi connectivity index (χ2n) is 8.07. The van der Waals surface area contributed by atoms with Gasteiger partial charge in [-0.15, -0.1) is 24.0 Å². The Kier molecular flexibility index (Phi) is 8.63. The summed E-state index contributed by atoms with van der Waals surface area (Å²) in [5, 5.41) is 6.76. The Balaban J connectivity index is 0.00000300. The molecule has 29 heavy (non-hydrogen) atoms. The molecule has 0 bridgehead atoms. The summed E-state index contributed by atoms with van der Waals surface area (Å²) in [5.41, 5.74) is -0.0444. The van der Waals surface area contributed by atoms with Crippen LogP contribution < -0.4 is 10.6 Å². The van der Waals surface area contributed by atoms with Crippen molar-refractivity contribution < 1.29 is 13.2 Å². The molecule has 164 valence electrons. The molecule has 2 aliphatic rings. The van der Waals surface area contributed by atoms with Gasteiger partial charge in [-0.25, -0.2) is 0 Å². The molecule has 1 saturated heterocycles. The summed E-state index contributed by atoms with van der Waals surface area (Å²) in [6.07, 6.45) is -0.288. The van der Waals surface area contributed by atoms with Crippen LogP contribution in [0, 0.1) is 5.92 Å². The first-order valence-corrected chi connectivity index (χ1v) is 10.2. The summed E-state index contributed by atoms with van der Waals surface area (Å²) < 4.78 is 39.3. The van der Waals surface area contributed by atoms with Gasteiger partial charge in [-0.05, 0) is 49.9 Å². The van der Waals surface area contributed by atoms with E-state index in [1.165, 1.54) is 18.6 Å². The Morgan fingerprint density at radius 3 is 2.59 bits per heavy atom. The summed E-state index contributed by atoms with van der Waals surface area (Å²) in [5.74, 6) is 1.34. The predicted molar refractivity (Wildman–Crippen MR) is 122 cm³/mol. The minimum absolute atomic E-state index is 0. The Labute approximate surface area is 188 Å². The topological polar surface area (TPSA) is 39.7 Å². The van der Waals surface area contributed by atoms with Gasteiger partial charge in [0.25, 0.3) is 0 Å². The van der Waals surface area contributed by atoms with Gasteiger partial charge < -0.3 is 15.5 Å². The van der Waals surface area contributed by atoms with E-state index in [9.17, 15) is 13.2 Å². The number of hydrogen-bond donors (Lipinski definition) is 2. The highest BCUT2D eigenvalue weighted by Crippen LogP contribution is 2.44. The fraction of sp³-hybridized carbons (Fsp3) is 0.667. The summed E-state index contributed by atoms with van der Waals surface area (Å²) in [7, 11) is 1.74. The highest BCUT2D eigenvalue weighted by molar-refractivity contribution is 14.0. The minimum atomic E-state index is -4.31. The molecule has 1 unspecified atom stereocenters. The van der Waals surface area contributed by atoms with Crippen LogP contribution in [0.4, 0.5) is 13.2 Å². The summed E-state index contributed by atoms with van der Waals surface area (Å²) in [6, 6.07) is 5.80. The predicted octanol–water partition coefficient (Wildman–Crippen LogP) is 4.25. The van der Waals surface area contributed by atoms with E-state index in [0.717, 1.165) is 63.0 Å². The van der Waals surface area contributed by atoms with Gasteiger partial charge in [-0.2, -0.15) is 13.2 Å². The average Bonchev–Trinajstić information content (AvgIpc) is 3.11. The molecule has 4 nitrogen and oxygen atoms in total. The molecule has 0 amide bonds. The fourth-order valence-electron chi connectivity index (χ4n) is 4.28. The maximum absolute atomic E-state index is 13.1. The maximum Gasteiger partial charge on any atom is 0.416 e. The molecule has 2 N–H and O–H groups in total. The molecule has 1 aromatic carbocycles. The van der Waals surface area contributed by atoms with E-state index in [2.05, 4.69) is 27.4 Å². The third-order valence-corrected chi connectivity index (χ3v) is 6.31.